The van der Waals surface area contributed by atoms with Crippen molar-refractivity contribution in [2.75, 3.05) is 0 Å². The molecule has 1 saturated heterocycles. The fourth-order valence-electron chi connectivity index (χ4n) is 3.57. The second-order valence-electron chi connectivity index (χ2n) is 6.37. The number of rotatable bonds is 2. The molecule has 0 spiro atoms. The van der Waals surface area contributed by atoms with Gasteiger partial charge in [-0.05, 0) is 44.2 Å². The molecule has 0 saturated carbocycles. The van der Waals surface area contributed by atoms with Crippen LogP contribution in [-0.2, 0) is 11.1 Å². The third-order valence-corrected chi connectivity index (χ3v) is 4.73. The van der Waals surface area contributed by atoms with Crippen LogP contribution in [-0.4, -0.2) is 0 Å². The molecule has 0 radical (unpaired) electrons. The van der Waals surface area contributed by atoms with Crippen LogP contribution in [0.5, 0.6) is 0 Å². The van der Waals surface area contributed by atoms with Crippen LogP contribution in [0.2, 0.25) is 0 Å². The van der Waals surface area contributed by atoms with Gasteiger partial charge in [-0.25, -0.2) is 0 Å². The number of hydrogen-bond donors (Lipinski definition) is 1. The second-order valence-corrected chi connectivity index (χ2v) is 6.37. The van der Waals surface area contributed by atoms with Crippen LogP contribution in [0.25, 0.3) is 0 Å². The minimum absolute atomic E-state index is 0.0596. The molecule has 2 unspecified atom stereocenters. The van der Waals surface area contributed by atoms with Gasteiger partial charge < -0.3 is 0 Å². The van der Waals surface area contributed by atoms with Crippen molar-refractivity contribution in [3.8, 4) is 0 Å². The van der Waals surface area contributed by atoms with Crippen molar-refractivity contribution in [1.29, 1.82) is 0 Å². The smallest absolute Gasteiger partial charge is 0.0413 e. The minimum atomic E-state index is 0.0596. The average molecular weight is 265 g/mol. The van der Waals surface area contributed by atoms with E-state index in [-0.39, 0.29) is 11.1 Å². The summed E-state index contributed by atoms with van der Waals surface area (Å²) < 4.78 is 0. The number of hydrogen-bond acceptors (Lipinski definition) is 1. The predicted molar refractivity (Wildman–Crippen MR) is 84.6 cm³/mol. The van der Waals surface area contributed by atoms with Gasteiger partial charge in [0.05, 0.1) is 0 Å². The van der Waals surface area contributed by atoms with E-state index in [0.29, 0.717) is 0 Å². The van der Waals surface area contributed by atoms with E-state index in [1.54, 1.807) is 0 Å². The van der Waals surface area contributed by atoms with E-state index in [1.165, 1.54) is 30.4 Å². The molecule has 1 aliphatic rings. The quantitative estimate of drug-likeness (QED) is 0.837. The largest absolute Gasteiger partial charge is 0.298 e. The van der Waals surface area contributed by atoms with Gasteiger partial charge in [-0.2, -0.15) is 0 Å². The Bertz CT molecular complexity index is 511. The fourth-order valence-corrected chi connectivity index (χ4v) is 3.57. The van der Waals surface area contributed by atoms with Crippen LogP contribution in [0.1, 0.15) is 44.2 Å². The standard InChI is InChI=1S/C19H23N/c1-18(16-10-5-3-6-11-16)14-9-15-19(2,20-18)17-12-7-4-8-13-17/h3-8,10-13,20H,9,14-15H2,1-2H3. The number of benzene rings is 2. The Morgan fingerprint density at radius 3 is 1.50 bits per heavy atom. The molecule has 1 fully saturated rings. The maximum absolute atomic E-state index is 3.94. The lowest BCUT2D eigenvalue weighted by Crippen LogP contribution is -2.54. The zero-order valence-corrected chi connectivity index (χ0v) is 12.4. The lowest BCUT2D eigenvalue weighted by Gasteiger charge is -2.47. The lowest BCUT2D eigenvalue weighted by atomic mass is 9.74. The van der Waals surface area contributed by atoms with Gasteiger partial charge in [0.25, 0.3) is 0 Å². The lowest BCUT2D eigenvalue weighted by molar-refractivity contribution is 0.153. The summed E-state index contributed by atoms with van der Waals surface area (Å²) in [6.07, 6.45) is 3.64. The van der Waals surface area contributed by atoms with Gasteiger partial charge in [0.15, 0.2) is 0 Å². The van der Waals surface area contributed by atoms with Crippen molar-refractivity contribution < 1.29 is 0 Å². The van der Waals surface area contributed by atoms with E-state index >= 15 is 0 Å². The third kappa shape index (κ3) is 2.38. The maximum Gasteiger partial charge on any atom is 0.0413 e. The first-order valence-corrected chi connectivity index (χ1v) is 7.53. The van der Waals surface area contributed by atoms with Crippen molar-refractivity contribution >= 4 is 0 Å². The molecule has 0 bridgehead atoms. The van der Waals surface area contributed by atoms with Crippen molar-refractivity contribution in [1.82, 2.24) is 5.32 Å². The summed E-state index contributed by atoms with van der Waals surface area (Å²) in [7, 11) is 0. The van der Waals surface area contributed by atoms with E-state index in [2.05, 4.69) is 79.8 Å². The second kappa shape index (κ2) is 5.06. The van der Waals surface area contributed by atoms with Crippen LogP contribution in [0, 0.1) is 0 Å². The summed E-state index contributed by atoms with van der Waals surface area (Å²) in [6, 6.07) is 21.7. The first-order chi connectivity index (χ1) is 9.62. The van der Waals surface area contributed by atoms with E-state index in [9.17, 15) is 0 Å². The molecule has 20 heavy (non-hydrogen) atoms. The Labute approximate surface area is 122 Å². The highest BCUT2D eigenvalue weighted by Crippen LogP contribution is 2.40. The van der Waals surface area contributed by atoms with Crippen molar-refractivity contribution in [2.45, 2.75) is 44.2 Å². The first kappa shape index (κ1) is 13.4. The Morgan fingerprint density at radius 2 is 1.10 bits per heavy atom. The molecule has 104 valence electrons. The van der Waals surface area contributed by atoms with E-state index in [1.807, 2.05) is 0 Å². The molecule has 2 atom stereocenters. The summed E-state index contributed by atoms with van der Waals surface area (Å²) in [5, 5.41) is 3.94. The van der Waals surface area contributed by atoms with Gasteiger partial charge in [0.1, 0.15) is 0 Å². The van der Waals surface area contributed by atoms with Crippen LogP contribution in [0.15, 0.2) is 60.7 Å². The minimum Gasteiger partial charge on any atom is -0.298 e. The molecular weight excluding hydrogens is 242 g/mol. The molecule has 0 amide bonds. The van der Waals surface area contributed by atoms with Gasteiger partial charge in [0.2, 0.25) is 0 Å². The van der Waals surface area contributed by atoms with Crippen LogP contribution in [0.4, 0.5) is 0 Å². The number of piperidine rings is 1. The van der Waals surface area contributed by atoms with E-state index < -0.39 is 0 Å². The number of nitrogens with one attached hydrogen (secondary N) is 1. The normalized spacial score (nSPS) is 30.1. The topological polar surface area (TPSA) is 12.0 Å². The van der Waals surface area contributed by atoms with Crippen LogP contribution >= 0.6 is 0 Å². The molecule has 1 heteroatoms. The molecule has 1 N–H and O–H groups in total. The maximum atomic E-state index is 3.94. The highest BCUT2D eigenvalue weighted by Gasteiger charge is 2.40. The Balaban J connectivity index is 1.94. The first-order valence-electron chi connectivity index (χ1n) is 7.53. The molecule has 1 nitrogen and oxygen atoms in total. The van der Waals surface area contributed by atoms with Gasteiger partial charge in [0, 0.05) is 11.1 Å². The molecule has 0 aromatic heterocycles. The summed E-state index contributed by atoms with van der Waals surface area (Å²) in [5.41, 5.74) is 2.90. The summed E-state index contributed by atoms with van der Waals surface area (Å²) >= 11 is 0. The SMILES string of the molecule is CC1(c2ccccc2)CCCC(C)(c2ccccc2)N1. The van der Waals surface area contributed by atoms with E-state index in [0.717, 1.165) is 0 Å². The van der Waals surface area contributed by atoms with Crippen molar-refractivity contribution in [3.05, 3.63) is 71.8 Å². The fraction of sp³-hybridized carbons (Fsp3) is 0.368. The summed E-state index contributed by atoms with van der Waals surface area (Å²) in [5.74, 6) is 0. The Hall–Kier alpha value is -1.60. The Kier molecular flexibility index (Phi) is 3.39. The zero-order valence-electron chi connectivity index (χ0n) is 12.4. The summed E-state index contributed by atoms with van der Waals surface area (Å²) in [6.45, 7) is 4.67. The molecule has 2 aromatic rings. The summed E-state index contributed by atoms with van der Waals surface area (Å²) in [4.78, 5) is 0. The van der Waals surface area contributed by atoms with Crippen LogP contribution < -0.4 is 5.32 Å². The third-order valence-electron chi connectivity index (χ3n) is 4.73. The molecule has 1 aliphatic heterocycles. The van der Waals surface area contributed by atoms with Gasteiger partial charge in [-0.3, -0.25) is 5.32 Å². The zero-order chi connectivity index (χ0) is 14.1. The van der Waals surface area contributed by atoms with Gasteiger partial charge >= 0.3 is 0 Å². The molecule has 1 heterocycles. The Morgan fingerprint density at radius 1 is 0.700 bits per heavy atom. The van der Waals surface area contributed by atoms with Crippen molar-refractivity contribution in [3.63, 3.8) is 0 Å². The molecule has 0 aliphatic carbocycles. The molecule has 3 rings (SSSR count). The molecular formula is C19H23N. The van der Waals surface area contributed by atoms with Gasteiger partial charge in [-0.15, -0.1) is 0 Å². The van der Waals surface area contributed by atoms with Gasteiger partial charge in [-0.1, -0.05) is 60.7 Å². The van der Waals surface area contributed by atoms with Crippen molar-refractivity contribution in [2.24, 2.45) is 0 Å². The average Bonchev–Trinajstić information content (AvgIpc) is 2.49. The molecule has 2 aromatic carbocycles. The highest BCUT2D eigenvalue weighted by atomic mass is 15.1. The highest BCUT2D eigenvalue weighted by molar-refractivity contribution is 5.30. The monoisotopic (exact) mass is 265 g/mol. The van der Waals surface area contributed by atoms with E-state index in [4.69, 9.17) is 0 Å². The predicted octanol–water partition coefficient (Wildman–Crippen LogP) is 4.59. The van der Waals surface area contributed by atoms with Crippen LogP contribution in [0.3, 0.4) is 0 Å².